The van der Waals surface area contributed by atoms with Crippen molar-refractivity contribution in [3.8, 4) is 0 Å². The minimum atomic E-state index is 0.353. The van der Waals surface area contributed by atoms with Crippen molar-refractivity contribution in [1.82, 2.24) is 0 Å². The second kappa shape index (κ2) is 2.21. The number of hydrogen-bond donors (Lipinski definition) is 1. The van der Waals surface area contributed by atoms with Crippen molar-refractivity contribution in [1.29, 1.82) is 0 Å². The SMILES string of the molecule is NC[C@@H]1CCC2(CC2)OC1. The van der Waals surface area contributed by atoms with Crippen LogP contribution in [0.3, 0.4) is 0 Å². The van der Waals surface area contributed by atoms with Gasteiger partial charge in [-0.2, -0.15) is 0 Å². The van der Waals surface area contributed by atoms with Crippen LogP contribution in [-0.4, -0.2) is 18.8 Å². The van der Waals surface area contributed by atoms with Crippen molar-refractivity contribution >= 4 is 0 Å². The summed E-state index contributed by atoms with van der Waals surface area (Å²) in [6, 6.07) is 0. The predicted molar refractivity (Wildman–Crippen MR) is 39.7 cm³/mol. The number of hydrogen-bond acceptors (Lipinski definition) is 2. The summed E-state index contributed by atoms with van der Waals surface area (Å²) in [6.45, 7) is 1.71. The fourth-order valence-corrected chi connectivity index (χ4v) is 1.64. The van der Waals surface area contributed by atoms with Crippen molar-refractivity contribution in [2.24, 2.45) is 11.7 Å². The summed E-state index contributed by atoms with van der Waals surface area (Å²) < 4.78 is 5.70. The molecule has 0 unspecified atom stereocenters. The van der Waals surface area contributed by atoms with Gasteiger partial charge < -0.3 is 10.5 Å². The van der Waals surface area contributed by atoms with Crippen molar-refractivity contribution < 1.29 is 4.74 Å². The Kier molecular flexibility index (Phi) is 1.46. The van der Waals surface area contributed by atoms with Gasteiger partial charge in [0.15, 0.2) is 0 Å². The van der Waals surface area contributed by atoms with Gasteiger partial charge in [0.1, 0.15) is 0 Å². The topological polar surface area (TPSA) is 35.2 Å². The Balaban J connectivity index is 1.84. The lowest BCUT2D eigenvalue weighted by molar-refractivity contribution is -0.0317. The van der Waals surface area contributed by atoms with Crippen LogP contribution in [0.5, 0.6) is 0 Å². The van der Waals surface area contributed by atoms with Crippen LogP contribution in [0.2, 0.25) is 0 Å². The molecule has 0 amide bonds. The lowest BCUT2D eigenvalue weighted by Crippen LogP contribution is -2.31. The zero-order valence-corrected chi connectivity index (χ0v) is 6.31. The Bertz CT molecular complexity index is 121. The highest BCUT2D eigenvalue weighted by Gasteiger charge is 2.46. The van der Waals surface area contributed by atoms with Crippen LogP contribution in [0.4, 0.5) is 0 Å². The van der Waals surface area contributed by atoms with E-state index in [9.17, 15) is 0 Å². The zero-order chi connectivity index (χ0) is 7.03. The van der Waals surface area contributed by atoms with E-state index in [2.05, 4.69) is 0 Å². The highest BCUT2D eigenvalue weighted by molar-refractivity contribution is 4.98. The Morgan fingerprint density at radius 3 is 2.60 bits per heavy atom. The van der Waals surface area contributed by atoms with Crippen LogP contribution in [0.15, 0.2) is 0 Å². The van der Waals surface area contributed by atoms with E-state index in [1.807, 2.05) is 0 Å². The third kappa shape index (κ3) is 1.06. The second-order valence-corrected chi connectivity index (χ2v) is 3.63. The van der Waals surface area contributed by atoms with Crippen LogP contribution in [0.1, 0.15) is 25.7 Å². The van der Waals surface area contributed by atoms with Gasteiger partial charge in [0, 0.05) is 0 Å². The molecule has 1 atom stereocenters. The first-order valence-corrected chi connectivity index (χ1v) is 4.19. The van der Waals surface area contributed by atoms with Crippen molar-refractivity contribution in [2.45, 2.75) is 31.3 Å². The maximum atomic E-state index is 5.70. The third-order valence-corrected chi connectivity index (χ3v) is 2.77. The lowest BCUT2D eigenvalue weighted by atomic mass is 9.97. The van der Waals surface area contributed by atoms with E-state index >= 15 is 0 Å². The highest BCUT2D eigenvalue weighted by atomic mass is 16.5. The molecule has 1 aliphatic heterocycles. The minimum Gasteiger partial charge on any atom is -0.375 e. The Labute approximate surface area is 61.7 Å². The van der Waals surface area contributed by atoms with Gasteiger partial charge in [-0.15, -0.1) is 0 Å². The molecule has 1 spiro atoms. The molecule has 1 saturated carbocycles. The van der Waals surface area contributed by atoms with Crippen LogP contribution in [-0.2, 0) is 4.74 Å². The fourth-order valence-electron chi connectivity index (χ4n) is 1.64. The summed E-state index contributed by atoms with van der Waals surface area (Å²) in [5.41, 5.74) is 5.89. The smallest absolute Gasteiger partial charge is 0.0685 e. The van der Waals surface area contributed by atoms with Gasteiger partial charge in [-0.1, -0.05) is 0 Å². The van der Waals surface area contributed by atoms with E-state index in [-0.39, 0.29) is 0 Å². The summed E-state index contributed by atoms with van der Waals surface area (Å²) in [7, 11) is 0. The molecule has 10 heavy (non-hydrogen) atoms. The predicted octanol–water partition coefficient (Wildman–Crippen LogP) is 0.904. The van der Waals surface area contributed by atoms with Crippen molar-refractivity contribution in [2.75, 3.05) is 13.2 Å². The summed E-state index contributed by atoms with van der Waals surface area (Å²) >= 11 is 0. The number of rotatable bonds is 1. The molecule has 1 heterocycles. The van der Waals surface area contributed by atoms with Crippen molar-refractivity contribution in [3.63, 3.8) is 0 Å². The first-order valence-electron chi connectivity index (χ1n) is 4.19. The molecule has 1 saturated heterocycles. The van der Waals surface area contributed by atoms with Gasteiger partial charge in [-0.05, 0) is 38.1 Å². The van der Waals surface area contributed by atoms with Crippen LogP contribution in [0, 0.1) is 5.92 Å². The first kappa shape index (κ1) is 6.62. The molecule has 2 fully saturated rings. The van der Waals surface area contributed by atoms with E-state index in [1.165, 1.54) is 25.7 Å². The second-order valence-electron chi connectivity index (χ2n) is 3.63. The molecule has 1 aliphatic carbocycles. The summed E-state index contributed by atoms with van der Waals surface area (Å²) in [6.07, 6.45) is 5.14. The number of ether oxygens (including phenoxy) is 1. The standard InChI is InChI=1S/C8H15NO/c9-5-7-1-2-8(3-4-8)10-6-7/h7H,1-6,9H2/t7-/m0/s1. The van der Waals surface area contributed by atoms with Crippen molar-refractivity contribution in [3.05, 3.63) is 0 Å². The molecule has 2 rings (SSSR count). The van der Waals surface area contributed by atoms with Crippen LogP contribution in [0.25, 0.3) is 0 Å². The molecule has 0 bridgehead atoms. The molecule has 0 aromatic carbocycles. The van der Waals surface area contributed by atoms with Crippen LogP contribution >= 0.6 is 0 Å². The molecular formula is C8H15NO. The summed E-state index contributed by atoms with van der Waals surface area (Å²) in [5.74, 6) is 0.645. The molecule has 0 aromatic rings. The van der Waals surface area contributed by atoms with E-state index in [0.717, 1.165) is 13.2 Å². The normalized spacial score (nSPS) is 36.3. The van der Waals surface area contributed by atoms with Gasteiger partial charge in [0.25, 0.3) is 0 Å². The first-order chi connectivity index (χ1) is 4.85. The van der Waals surface area contributed by atoms with Gasteiger partial charge in [0.05, 0.1) is 12.2 Å². The van der Waals surface area contributed by atoms with Gasteiger partial charge in [0.2, 0.25) is 0 Å². The zero-order valence-electron chi connectivity index (χ0n) is 6.31. The molecule has 2 N–H and O–H groups in total. The minimum absolute atomic E-state index is 0.353. The molecule has 58 valence electrons. The average Bonchev–Trinajstić information content (AvgIpc) is 2.72. The van der Waals surface area contributed by atoms with Gasteiger partial charge in [-0.3, -0.25) is 0 Å². The highest BCUT2D eigenvalue weighted by Crippen LogP contribution is 2.47. The van der Waals surface area contributed by atoms with Gasteiger partial charge >= 0.3 is 0 Å². The molecule has 0 aromatic heterocycles. The van der Waals surface area contributed by atoms with E-state index in [1.54, 1.807) is 0 Å². The van der Waals surface area contributed by atoms with Crippen LogP contribution < -0.4 is 5.73 Å². The summed E-state index contributed by atoms with van der Waals surface area (Å²) in [4.78, 5) is 0. The third-order valence-electron chi connectivity index (χ3n) is 2.77. The molecular weight excluding hydrogens is 126 g/mol. The Morgan fingerprint density at radius 2 is 2.20 bits per heavy atom. The number of nitrogens with two attached hydrogens (primary N) is 1. The average molecular weight is 141 g/mol. The molecule has 2 heteroatoms. The Hall–Kier alpha value is -0.0800. The fraction of sp³-hybridized carbons (Fsp3) is 1.00. The van der Waals surface area contributed by atoms with E-state index in [0.29, 0.717) is 11.5 Å². The maximum Gasteiger partial charge on any atom is 0.0685 e. The Morgan fingerprint density at radius 1 is 1.40 bits per heavy atom. The monoisotopic (exact) mass is 141 g/mol. The molecule has 2 aliphatic rings. The largest absolute Gasteiger partial charge is 0.375 e. The van der Waals surface area contributed by atoms with E-state index in [4.69, 9.17) is 10.5 Å². The summed E-state index contributed by atoms with van der Waals surface area (Å²) in [5, 5.41) is 0. The quantitative estimate of drug-likeness (QED) is 0.589. The molecule has 0 radical (unpaired) electrons. The van der Waals surface area contributed by atoms with E-state index < -0.39 is 0 Å². The lowest BCUT2D eigenvalue weighted by Gasteiger charge is -2.27. The molecule has 2 nitrogen and oxygen atoms in total. The van der Waals surface area contributed by atoms with Gasteiger partial charge in [-0.25, -0.2) is 0 Å². The maximum absolute atomic E-state index is 5.70.